The number of amides is 2. The Balaban J connectivity index is 0.00000289. The minimum Gasteiger partial charge on any atom is -0.465 e. The highest BCUT2D eigenvalue weighted by atomic mass is 79.9. The summed E-state index contributed by atoms with van der Waals surface area (Å²) < 4.78 is 28.7. The summed E-state index contributed by atoms with van der Waals surface area (Å²) in [4.78, 5) is 33.5. The van der Waals surface area contributed by atoms with Crippen LogP contribution < -0.4 is 9.80 Å². The number of carbonyl (C=O) groups is 2. The number of rotatable bonds is 3. The third kappa shape index (κ3) is 3.63. The van der Waals surface area contributed by atoms with Gasteiger partial charge in [-0.05, 0) is 40.2 Å². The molecule has 12 heteroatoms. The normalized spacial score (nSPS) is 16.8. The van der Waals surface area contributed by atoms with Gasteiger partial charge in [0, 0.05) is 29.8 Å². The number of H-pyrrole nitrogens is 1. The van der Waals surface area contributed by atoms with Crippen LogP contribution in [0.15, 0.2) is 59.1 Å². The Morgan fingerprint density at radius 2 is 1.86 bits per heavy atom. The van der Waals surface area contributed by atoms with Crippen molar-refractivity contribution in [3.63, 3.8) is 0 Å². The Morgan fingerprint density at radius 1 is 1.14 bits per heavy atom. The zero-order valence-electron chi connectivity index (χ0n) is 17.8. The summed E-state index contributed by atoms with van der Waals surface area (Å²) in [5, 5.41) is 21.2. The molecule has 35 heavy (non-hydrogen) atoms. The van der Waals surface area contributed by atoms with Gasteiger partial charge in [-0.15, -0.1) is 12.4 Å². The van der Waals surface area contributed by atoms with E-state index in [0.717, 1.165) is 15.9 Å². The molecule has 0 saturated carbocycles. The monoisotopic (exact) mass is 564 g/mol. The summed E-state index contributed by atoms with van der Waals surface area (Å²) >= 11 is 3.01. The highest BCUT2D eigenvalue weighted by Crippen LogP contribution is 2.46. The number of anilines is 2. The number of aliphatic hydroxyl groups is 1. The minimum atomic E-state index is -2.15. The summed E-state index contributed by atoms with van der Waals surface area (Å²) in [6.45, 7) is 0. The van der Waals surface area contributed by atoms with E-state index < -0.39 is 29.4 Å². The number of imidazole rings is 1. The van der Waals surface area contributed by atoms with Gasteiger partial charge < -0.3 is 15.2 Å². The lowest BCUT2D eigenvalue weighted by molar-refractivity contribution is 0.0698. The lowest BCUT2D eigenvalue weighted by Gasteiger charge is -2.35. The van der Waals surface area contributed by atoms with E-state index >= 15 is 0 Å². The van der Waals surface area contributed by atoms with Gasteiger partial charge in [-0.1, -0.05) is 24.3 Å². The Hall–Kier alpha value is -3.54. The van der Waals surface area contributed by atoms with E-state index in [4.69, 9.17) is 0 Å². The highest BCUT2D eigenvalue weighted by molar-refractivity contribution is 9.10. The van der Waals surface area contributed by atoms with E-state index in [2.05, 4.69) is 25.9 Å². The standard InChI is InChI=1S/C23H15BrF2N4O4.ClH/c1-29(22(32)33)21-27-17-7-6-11(8-18(17)28-21)23(34)13-5-3-2-4-12(13)20(31)30(23)19-9-14(24)15(25)10-16(19)26;/h2-10,34H,1H3,(H,27,28)(H,32,33);1H. The van der Waals surface area contributed by atoms with E-state index in [1.54, 1.807) is 24.3 Å². The number of nitrogens with zero attached hydrogens (tertiary/aromatic N) is 3. The molecule has 1 unspecified atom stereocenters. The van der Waals surface area contributed by atoms with Crippen LogP contribution in [0.1, 0.15) is 21.5 Å². The fourth-order valence-corrected chi connectivity index (χ4v) is 4.40. The number of fused-ring (bicyclic) bond motifs is 2. The number of carbonyl (C=O) groups excluding carboxylic acids is 1. The number of halogens is 4. The summed E-state index contributed by atoms with van der Waals surface area (Å²) in [6.07, 6.45) is -1.23. The summed E-state index contributed by atoms with van der Waals surface area (Å²) in [7, 11) is 1.32. The van der Waals surface area contributed by atoms with Crippen molar-refractivity contribution in [2.24, 2.45) is 0 Å². The Bertz CT molecular complexity index is 1510. The van der Waals surface area contributed by atoms with Crippen LogP contribution in [0, 0.1) is 11.6 Å². The van der Waals surface area contributed by atoms with Gasteiger partial charge in [-0.25, -0.2) is 18.6 Å². The smallest absolute Gasteiger partial charge is 0.413 e. The Kier molecular flexibility index (Phi) is 6.04. The topological polar surface area (TPSA) is 110 Å². The molecule has 2 amide bonds. The van der Waals surface area contributed by atoms with Gasteiger partial charge in [0.1, 0.15) is 11.6 Å². The molecule has 0 radical (unpaired) electrons. The van der Waals surface area contributed by atoms with Crippen LogP contribution in [0.4, 0.5) is 25.2 Å². The van der Waals surface area contributed by atoms with Gasteiger partial charge in [-0.3, -0.25) is 14.6 Å². The lowest BCUT2D eigenvalue weighted by atomic mass is 9.93. The van der Waals surface area contributed by atoms with Crippen molar-refractivity contribution < 1.29 is 28.6 Å². The third-order valence-corrected chi connectivity index (χ3v) is 6.38. The first-order valence-electron chi connectivity index (χ1n) is 9.90. The molecular weight excluding hydrogens is 550 g/mol. The van der Waals surface area contributed by atoms with Gasteiger partial charge in [0.15, 0.2) is 5.72 Å². The van der Waals surface area contributed by atoms with Gasteiger partial charge in [-0.2, -0.15) is 0 Å². The second-order valence-electron chi connectivity index (χ2n) is 7.71. The molecule has 3 N–H and O–H groups in total. The highest BCUT2D eigenvalue weighted by Gasteiger charge is 2.51. The van der Waals surface area contributed by atoms with Crippen LogP contribution in [-0.4, -0.2) is 39.2 Å². The van der Waals surface area contributed by atoms with Gasteiger partial charge >= 0.3 is 6.09 Å². The first kappa shape index (κ1) is 24.6. The molecule has 0 spiro atoms. The SMILES string of the molecule is CN(C(=O)O)c1nc2cc(C3(O)c4ccccc4C(=O)N3c3cc(Br)c(F)cc3F)ccc2[nH]1.Cl. The van der Waals surface area contributed by atoms with E-state index in [9.17, 15) is 28.6 Å². The van der Waals surface area contributed by atoms with Crippen LogP contribution in [0.25, 0.3) is 11.0 Å². The molecule has 1 aliphatic rings. The largest absolute Gasteiger partial charge is 0.465 e. The molecule has 0 saturated heterocycles. The number of hydrogen-bond acceptors (Lipinski definition) is 4. The first-order chi connectivity index (χ1) is 16.1. The average Bonchev–Trinajstić information content (AvgIpc) is 3.33. The van der Waals surface area contributed by atoms with E-state index in [1.165, 1.54) is 25.2 Å². The van der Waals surface area contributed by atoms with Gasteiger partial charge in [0.2, 0.25) is 5.95 Å². The predicted octanol–water partition coefficient (Wildman–Crippen LogP) is 4.99. The van der Waals surface area contributed by atoms with Gasteiger partial charge in [0.05, 0.1) is 21.2 Å². The molecule has 1 aliphatic heterocycles. The maximum atomic E-state index is 14.9. The number of nitrogens with one attached hydrogen (secondary N) is 1. The number of carboxylic acid groups (broad SMARTS) is 1. The zero-order chi connectivity index (χ0) is 24.4. The molecule has 0 bridgehead atoms. The molecule has 180 valence electrons. The Labute approximate surface area is 211 Å². The minimum absolute atomic E-state index is 0. The van der Waals surface area contributed by atoms with Crippen molar-refractivity contribution >= 4 is 63.0 Å². The maximum absolute atomic E-state index is 14.9. The van der Waals surface area contributed by atoms with Crippen LogP contribution in [0.5, 0.6) is 0 Å². The fourth-order valence-electron chi connectivity index (χ4n) is 4.07. The molecule has 0 fully saturated rings. The molecule has 1 atom stereocenters. The molecular formula is C23H16BrClF2N4O4. The molecule has 0 aliphatic carbocycles. The molecule has 1 aromatic heterocycles. The van der Waals surface area contributed by atoms with Crippen LogP contribution >= 0.6 is 28.3 Å². The van der Waals surface area contributed by atoms with Crippen molar-refractivity contribution in [2.75, 3.05) is 16.8 Å². The predicted molar refractivity (Wildman–Crippen MR) is 130 cm³/mol. The molecule has 3 aromatic carbocycles. The maximum Gasteiger partial charge on any atom is 0.413 e. The van der Waals surface area contributed by atoms with Crippen LogP contribution in [-0.2, 0) is 5.72 Å². The van der Waals surface area contributed by atoms with E-state index in [0.29, 0.717) is 17.1 Å². The summed E-state index contributed by atoms with van der Waals surface area (Å²) in [5.74, 6) is -2.52. The number of hydrogen-bond donors (Lipinski definition) is 3. The molecule has 4 aromatic rings. The molecule has 8 nitrogen and oxygen atoms in total. The third-order valence-electron chi connectivity index (χ3n) is 5.77. The fraction of sp³-hybridized carbons (Fsp3) is 0.0870. The van der Waals surface area contributed by atoms with Gasteiger partial charge in [0.25, 0.3) is 5.91 Å². The van der Waals surface area contributed by atoms with Crippen molar-refractivity contribution in [1.82, 2.24) is 9.97 Å². The molecule has 2 heterocycles. The van der Waals surface area contributed by atoms with Crippen LogP contribution in [0.2, 0.25) is 0 Å². The first-order valence-corrected chi connectivity index (χ1v) is 10.7. The quantitative estimate of drug-likeness (QED) is 0.303. The second-order valence-corrected chi connectivity index (χ2v) is 8.56. The van der Waals surface area contributed by atoms with E-state index in [1.807, 2.05) is 0 Å². The molecule has 5 rings (SSSR count). The van der Waals surface area contributed by atoms with Crippen molar-refractivity contribution in [1.29, 1.82) is 0 Å². The van der Waals surface area contributed by atoms with Crippen molar-refractivity contribution in [2.45, 2.75) is 5.72 Å². The lowest BCUT2D eigenvalue weighted by Crippen LogP contribution is -2.45. The van der Waals surface area contributed by atoms with E-state index in [-0.39, 0.29) is 45.2 Å². The number of aromatic amines is 1. The number of aromatic nitrogens is 2. The number of benzene rings is 3. The summed E-state index contributed by atoms with van der Waals surface area (Å²) in [5.41, 5.74) is -1.16. The van der Waals surface area contributed by atoms with Crippen molar-refractivity contribution in [3.8, 4) is 0 Å². The average molecular weight is 566 g/mol. The Morgan fingerprint density at radius 3 is 2.57 bits per heavy atom. The van der Waals surface area contributed by atoms with Crippen molar-refractivity contribution in [3.05, 3.63) is 87.4 Å². The van der Waals surface area contributed by atoms with Crippen LogP contribution in [0.3, 0.4) is 0 Å². The summed E-state index contributed by atoms with van der Waals surface area (Å²) in [6, 6.07) is 12.6. The zero-order valence-corrected chi connectivity index (χ0v) is 20.2. The second kappa shape index (κ2) is 8.59.